The summed E-state index contributed by atoms with van der Waals surface area (Å²) < 4.78 is 6.29. The first-order chi connectivity index (χ1) is 7.81. The lowest BCUT2D eigenvalue weighted by atomic mass is 10.2. The molecule has 90 valence electrons. The van der Waals surface area contributed by atoms with Gasteiger partial charge in [0.15, 0.2) is 0 Å². The zero-order valence-corrected chi connectivity index (χ0v) is 11.8. The van der Waals surface area contributed by atoms with Crippen LogP contribution in [0.15, 0.2) is 9.98 Å². The van der Waals surface area contributed by atoms with Crippen molar-refractivity contribution >= 4 is 27.3 Å². The van der Waals surface area contributed by atoms with Crippen LogP contribution in [0.3, 0.4) is 0 Å². The van der Waals surface area contributed by atoms with Crippen molar-refractivity contribution in [2.75, 3.05) is 19.8 Å². The second-order valence-electron chi connectivity index (χ2n) is 3.97. The molecule has 1 fully saturated rings. The van der Waals surface area contributed by atoms with Crippen molar-refractivity contribution in [2.45, 2.75) is 25.8 Å². The first-order valence-electron chi connectivity index (χ1n) is 5.73. The van der Waals surface area contributed by atoms with Crippen LogP contribution in [0.2, 0.25) is 0 Å². The number of halogens is 1. The molecule has 0 aromatic carbocycles. The third-order valence-corrected chi connectivity index (χ3v) is 4.31. The van der Waals surface area contributed by atoms with Crippen LogP contribution in [0.25, 0.3) is 0 Å². The molecule has 0 aliphatic heterocycles. The van der Waals surface area contributed by atoms with Crippen LogP contribution < -0.4 is 5.32 Å². The van der Waals surface area contributed by atoms with E-state index in [4.69, 9.17) is 4.74 Å². The number of nitrogens with zero attached hydrogens (tertiary/aromatic N) is 1. The van der Waals surface area contributed by atoms with Crippen LogP contribution in [0.1, 0.15) is 30.8 Å². The van der Waals surface area contributed by atoms with Crippen LogP contribution in [0, 0.1) is 5.92 Å². The summed E-state index contributed by atoms with van der Waals surface area (Å²) in [5.74, 6) is 0.777. The average Bonchev–Trinajstić information content (AvgIpc) is 3.02. The molecule has 5 heteroatoms. The molecule has 1 N–H and O–H groups in total. The maximum atomic E-state index is 5.34. The van der Waals surface area contributed by atoms with Gasteiger partial charge in [-0.05, 0) is 41.6 Å². The van der Waals surface area contributed by atoms with Crippen molar-refractivity contribution < 1.29 is 4.74 Å². The van der Waals surface area contributed by atoms with Crippen LogP contribution in [-0.2, 0) is 4.74 Å². The maximum absolute atomic E-state index is 5.34. The topological polar surface area (TPSA) is 34.1 Å². The van der Waals surface area contributed by atoms with Gasteiger partial charge in [-0.3, -0.25) is 0 Å². The van der Waals surface area contributed by atoms with Gasteiger partial charge in [-0.1, -0.05) is 0 Å². The molecular weight excluding hydrogens is 288 g/mol. The fourth-order valence-corrected chi connectivity index (χ4v) is 3.16. The zero-order valence-electron chi connectivity index (χ0n) is 9.41. The third-order valence-electron chi connectivity index (χ3n) is 2.67. The summed E-state index contributed by atoms with van der Waals surface area (Å²) in [4.78, 5) is 4.50. The number of ether oxygens (including phenoxy) is 1. The Hall–Kier alpha value is 0.0300. The summed E-state index contributed by atoms with van der Waals surface area (Å²) >= 11 is 5.14. The number of hydrogen-bond donors (Lipinski definition) is 1. The van der Waals surface area contributed by atoms with Crippen molar-refractivity contribution in [3.63, 3.8) is 0 Å². The SMILES string of the molecule is CCOCCNC(c1nc(Br)cs1)C1CC1. The molecule has 1 saturated carbocycles. The van der Waals surface area contributed by atoms with Gasteiger partial charge in [0.1, 0.15) is 9.61 Å². The minimum atomic E-state index is 0.428. The van der Waals surface area contributed by atoms with Gasteiger partial charge >= 0.3 is 0 Å². The molecule has 1 unspecified atom stereocenters. The van der Waals surface area contributed by atoms with Crippen LogP contribution in [-0.4, -0.2) is 24.7 Å². The molecule has 1 aliphatic carbocycles. The van der Waals surface area contributed by atoms with Crippen LogP contribution in [0.4, 0.5) is 0 Å². The highest BCUT2D eigenvalue weighted by atomic mass is 79.9. The van der Waals surface area contributed by atoms with E-state index in [1.807, 2.05) is 6.92 Å². The molecule has 3 nitrogen and oxygen atoms in total. The van der Waals surface area contributed by atoms with E-state index in [1.54, 1.807) is 11.3 Å². The molecule has 0 amide bonds. The van der Waals surface area contributed by atoms with Crippen molar-refractivity contribution in [2.24, 2.45) is 5.92 Å². The van der Waals surface area contributed by atoms with E-state index in [1.165, 1.54) is 17.8 Å². The summed E-state index contributed by atoms with van der Waals surface area (Å²) in [6.45, 7) is 4.51. The minimum absolute atomic E-state index is 0.428. The lowest BCUT2D eigenvalue weighted by Crippen LogP contribution is -2.26. The summed E-state index contributed by atoms with van der Waals surface area (Å²) in [6, 6.07) is 0.428. The fourth-order valence-electron chi connectivity index (χ4n) is 1.73. The highest BCUT2D eigenvalue weighted by molar-refractivity contribution is 9.10. The number of aromatic nitrogens is 1. The van der Waals surface area contributed by atoms with Crippen LogP contribution >= 0.6 is 27.3 Å². The molecule has 2 rings (SSSR count). The van der Waals surface area contributed by atoms with E-state index in [0.717, 1.165) is 30.3 Å². The van der Waals surface area contributed by atoms with Gasteiger partial charge < -0.3 is 10.1 Å². The van der Waals surface area contributed by atoms with E-state index < -0.39 is 0 Å². The maximum Gasteiger partial charge on any atom is 0.117 e. The quantitative estimate of drug-likeness (QED) is 0.786. The Bertz CT molecular complexity index is 328. The predicted molar refractivity (Wildman–Crippen MR) is 69.8 cm³/mol. The predicted octanol–water partition coefficient (Wildman–Crippen LogP) is 2.98. The summed E-state index contributed by atoms with van der Waals surface area (Å²) in [5, 5.41) is 6.80. The van der Waals surface area contributed by atoms with Gasteiger partial charge in [0, 0.05) is 18.5 Å². The van der Waals surface area contributed by atoms with Crippen LogP contribution in [0.5, 0.6) is 0 Å². The van der Waals surface area contributed by atoms with Gasteiger partial charge in [0.2, 0.25) is 0 Å². The smallest absolute Gasteiger partial charge is 0.117 e. The average molecular weight is 305 g/mol. The summed E-state index contributed by atoms with van der Waals surface area (Å²) in [7, 11) is 0. The molecule has 1 atom stereocenters. The standard InChI is InChI=1S/C11H17BrN2OS/c1-2-15-6-5-13-10(8-3-4-8)11-14-9(12)7-16-11/h7-8,10,13H,2-6H2,1H3. The zero-order chi connectivity index (χ0) is 11.4. The Morgan fingerprint density at radius 2 is 2.50 bits per heavy atom. The molecule has 0 radical (unpaired) electrons. The minimum Gasteiger partial charge on any atom is -0.380 e. The second kappa shape index (κ2) is 6.10. The monoisotopic (exact) mass is 304 g/mol. The third kappa shape index (κ3) is 3.52. The Labute approximate surface area is 109 Å². The first-order valence-corrected chi connectivity index (χ1v) is 7.40. The van der Waals surface area contributed by atoms with E-state index in [-0.39, 0.29) is 0 Å². The van der Waals surface area contributed by atoms with Crippen molar-refractivity contribution in [3.05, 3.63) is 15.0 Å². The lowest BCUT2D eigenvalue weighted by Gasteiger charge is -2.15. The Balaban J connectivity index is 1.85. The van der Waals surface area contributed by atoms with Gasteiger partial charge in [-0.15, -0.1) is 11.3 Å². The summed E-state index contributed by atoms with van der Waals surface area (Å²) in [6.07, 6.45) is 2.65. The molecular formula is C11H17BrN2OS. The van der Waals surface area contributed by atoms with Crippen molar-refractivity contribution in [1.29, 1.82) is 0 Å². The van der Waals surface area contributed by atoms with E-state index in [0.29, 0.717) is 6.04 Å². The van der Waals surface area contributed by atoms with Gasteiger partial charge in [-0.25, -0.2) is 4.98 Å². The van der Waals surface area contributed by atoms with Crippen molar-refractivity contribution in [3.8, 4) is 0 Å². The number of hydrogen-bond acceptors (Lipinski definition) is 4. The molecule has 1 heterocycles. The molecule has 1 aromatic heterocycles. The van der Waals surface area contributed by atoms with E-state index >= 15 is 0 Å². The van der Waals surface area contributed by atoms with E-state index in [2.05, 4.69) is 31.6 Å². The highest BCUT2D eigenvalue weighted by Gasteiger charge is 2.33. The van der Waals surface area contributed by atoms with Gasteiger partial charge in [-0.2, -0.15) is 0 Å². The molecule has 0 bridgehead atoms. The Kier molecular flexibility index (Phi) is 4.76. The number of rotatable bonds is 7. The fraction of sp³-hybridized carbons (Fsp3) is 0.727. The molecule has 0 spiro atoms. The molecule has 1 aromatic rings. The van der Waals surface area contributed by atoms with Gasteiger partial charge in [0.25, 0.3) is 0 Å². The lowest BCUT2D eigenvalue weighted by molar-refractivity contribution is 0.146. The normalized spacial score (nSPS) is 17.6. The largest absolute Gasteiger partial charge is 0.380 e. The highest BCUT2D eigenvalue weighted by Crippen LogP contribution is 2.42. The molecule has 16 heavy (non-hydrogen) atoms. The first kappa shape index (κ1) is 12.5. The van der Waals surface area contributed by atoms with Gasteiger partial charge in [0.05, 0.1) is 12.6 Å². The molecule has 0 saturated heterocycles. The number of thiazole rings is 1. The van der Waals surface area contributed by atoms with E-state index in [9.17, 15) is 0 Å². The Morgan fingerprint density at radius 3 is 3.06 bits per heavy atom. The Morgan fingerprint density at radius 1 is 1.69 bits per heavy atom. The molecule has 1 aliphatic rings. The number of nitrogens with one attached hydrogen (secondary N) is 1. The summed E-state index contributed by atoms with van der Waals surface area (Å²) in [5.41, 5.74) is 0. The van der Waals surface area contributed by atoms with Crippen molar-refractivity contribution in [1.82, 2.24) is 10.3 Å². The second-order valence-corrected chi connectivity index (χ2v) is 5.68.